The predicted molar refractivity (Wildman–Crippen MR) is 297 cm³/mol. The molecule has 3 aromatic heterocycles. The van der Waals surface area contributed by atoms with Crippen molar-refractivity contribution in [3.05, 3.63) is 70.3 Å². The zero-order chi connectivity index (χ0) is 50.2. The molecule has 9 heterocycles. The molecule has 3 fully saturated rings. The molecule has 3 N–H and O–H groups in total. The van der Waals surface area contributed by atoms with Crippen molar-refractivity contribution in [1.82, 2.24) is 53.9 Å². The number of carbonyl (C=O) groups is 1. The number of H-pyrrole nitrogens is 2. The Morgan fingerprint density at radius 3 is 1.44 bits per heavy atom. The molecule has 3 saturated heterocycles. The molecular weight excluding hydrogens is 975 g/mol. The van der Waals surface area contributed by atoms with Crippen molar-refractivity contribution in [2.24, 2.45) is 5.92 Å². The lowest BCUT2D eigenvalue weighted by molar-refractivity contribution is -0.119. The molecule has 0 bridgehead atoms. The Hall–Kier alpha value is -1.30. The van der Waals surface area contributed by atoms with Crippen LogP contribution < -0.4 is 21.5 Å². The van der Waals surface area contributed by atoms with E-state index in [4.69, 9.17) is 34.8 Å². The highest BCUT2D eigenvalue weighted by Gasteiger charge is 2.27. The Morgan fingerprint density at radius 1 is 0.545 bits per heavy atom. The van der Waals surface area contributed by atoms with E-state index in [0.717, 1.165) is 74.3 Å². The number of fused-ring (bicyclic) bond motifs is 3. The van der Waals surface area contributed by atoms with Crippen LogP contribution in [0.3, 0.4) is 0 Å². The summed E-state index contributed by atoms with van der Waals surface area (Å²) in [5.41, 5.74) is 4.91. The van der Waals surface area contributed by atoms with Crippen LogP contribution in [-0.2, 0) is 44.1 Å². The van der Waals surface area contributed by atoms with E-state index in [1.165, 1.54) is 44.3 Å². The summed E-state index contributed by atoms with van der Waals surface area (Å²) in [4.78, 5) is 56.5. The van der Waals surface area contributed by atoms with E-state index in [1.54, 1.807) is 0 Å². The molecule has 6 aliphatic heterocycles. The predicted octanol–water partition coefficient (Wildman–Crippen LogP) is 10.4. The normalized spacial score (nSPS) is 17.2. The fourth-order valence-electron chi connectivity index (χ4n) is 6.46. The van der Waals surface area contributed by atoms with Crippen LogP contribution in [0.5, 0.6) is 0 Å². The van der Waals surface area contributed by atoms with E-state index < -0.39 is 5.69 Å². The molecule has 0 amide bonds. The zero-order valence-corrected chi connectivity index (χ0v) is 48.5. The molecule has 6 aliphatic rings. The highest BCUT2D eigenvalue weighted by Crippen LogP contribution is 2.33. The first-order chi connectivity index (χ1) is 31.3. The number of anilines is 1. The Morgan fingerprint density at radius 2 is 1.00 bits per heavy atom. The summed E-state index contributed by atoms with van der Waals surface area (Å²) >= 11 is 17.5. The summed E-state index contributed by atoms with van der Waals surface area (Å²) in [7, 11) is 10.3. The van der Waals surface area contributed by atoms with E-state index in [1.807, 2.05) is 104 Å². The minimum atomic E-state index is -0.431. The van der Waals surface area contributed by atoms with Gasteiger partial charge >= 0.3 is 5.69 Å². The van der Waals surface area contributed by atoms with E-state index >= 15 is 0 Å². The van der Waals surface area contributed by atoms with Gasteiger partial charge in [0.2, 0.25) is 10.6 Å². The van der Waals surface area contributed by atoms with Crippen LogP contribution in [-0.4, -0.2) is 93.6 Å². The van der Waals surface area contributed by atoms with E-state index in [2.05, 4.69) is 82.4 Å². The number of rotatable bonds is 1. The molecule has 5 unspecified atom stereocenters. The topological polar surface area (TPSA) is 163 Å². The van der Waals surface area contributed by atoms with Crippen LogP contribution >= 0.6 is 72.4 Å². The third-order valence-electron chi connectivity index (χ3n) is 9.12. The second kappa shape index (κ2) is 40.4. The number of Topliss-reactive ketones (excluding diaryl/α,β-unsaturated/α-hetero) is 1. The largest absolute Gasteiger partial charge is 0.356 e. The smallest absolute Gasteiger partial charge is 0.325 e. The van der Waals surface area contributed by atoms with Crippen LogP contribution in [0.4, 0.5) is 5.82 Å². The summed E-state index contributed by atoms with van der Waals surface area (Å²) in [6, 6.07) is 0. The molecule has 0 saturated carbocycles. The lowest BCUT2D eigenvalue weighted by atomic mass is 10.1. The van der Waals surface area contributed by atoms with E-state index in [9.17, 15) is 14.4 Å². The Bertz CT molecular complexity index is 1870. The standard InChI is InChI=1S/C10H14ClN4P.C6H6Cl2N3P.C6H8N3O2P.C5H10NOP.C4H9N.6C2H6.CH4/c11-10-12-8-6-15(16)5-7(8)9(13-10)14-3-1-2-4-14;7-5-3-1-11(12)2-4(3)9-6(8)10-5;10-5-3-1-9(12)2-4(3)7-6(11)8-5;1-4-2-6(8)3-5(4)7;1-2-4-5-3-1;6*1-2;/h1-6,16H2;1-2,12H2;1-2,12H2,(H2,7,8,10,11);4H,2-3,8H2,1H3;5H,1-4H2;6*1-2H3;1H4. The number of hydrogen-bond acceptors (Lipinski definition) is 13. The zero-order valence-electron chi connectivity index (χ0n) is 41.6. The molecule has 0 spiro atoms. The van der Waals surface area contributed by atoms with Crippen molar-refractivity contribution >= 4 is 84.0 Å². The maximum Gasteiger partial charge on any atom is 0.325 e. The van der Waals surface area contributed by atoms with Crippen LogP contribution in [0.1, 0.15) is 157 Å². The van der Waals surface area contributed by atoms with Gasteiger partial charge in [-0.25, -0.2) is 24.7 Å². The molecule has 66 heavy (non-hydrogen) atoms. The van der Waals surface area contributed by atoms with Gasteiger partial charge in [0.1, 0.15) is 11.0 Å². The minimum Gasteiger partial charge on any atom is -0.356 e. The minimum absolute atomic E-state index is 0. The first-order valence-electron chi connectivity index (χ1n) is 23.3. The number of halogens is 3. The first kappa shape index (κ1) is 69.0. The van der Waals surface area contributed by atoms with Crippen LogP contribution in [0.15, 0.2) is 9.59 Å². The average molecular weight is 1060 g/mol. The number of aromatic amines is 2. The van der Waals surface area contributed by atoms with E-state index in [-0.39, 0.29) is 24.2 Å². The first-order valence-corrected chi connectivity index (χ1v) is 26.5. The Kier molecular flexibility index (Phi) is 42.2. The molecule has 0 aliphatic carbocycles. The maximum absolute atomic E-state index is 11.2. The summed E-state index contributed by atoms with van der Waals surface area (Å²) < 4.78 is 8.04. The highest BCUT2D eigenvalue weighted by atomic mass is 35.5. The van der Waals surface area contributed by atoms with Crippen molar-refractivity contribution in [2.45, 2.75) is 162 Å². The van der Waals surface area contributed by atoms with Gasteiger partial charge in [0.15, 0.2) is 5.78 Å². The fraction of sp³-hybridized carbons (Fsp3) is 0.705. The molecule has 3 aromatic rings. The number of nitrogens with one attached hydrogen (secondary N) is 3. The number of carbonyl (C=O) groups excluding carboxylic acids is 1. The van der Waals surface area contributed by atoms with Gasteiger partial charge in [0.25, 0.3) is 5.56 Å². The van der Waals surface area contributed by atoms with Gasteiger partial charge < -0.3 is 15.2 Å². The summed E-state index contributed by atoms with van der Waals surface area (Å²) in [6.45, 7) is 36.7. The molecule has 9 rings (SSSR count). The van der Waals surface area contributed by atoms with Crippen molar-refractivity contribution in [1.29, 1.82) is 0 Å². The number of nitrogens with zero attached hydrogens (tertiary/aromatic N) is 9. The van der Waals surface area contributed by atoms with Gasteiger partial charge in [-0.3, -0.25) is 33.3 Å². The van der Waals surface area contributed by atoms with Crippen molar-refractivity contribution in [3.63, 3.8) is 0 Å². The van der Waals surface area contributed by atoms with Crippen molar-refractivity contribution < 1.29 is 4.79 Å². The number of aromatic nitrogens is 6. The third-order valence-corrected chi connectivity index (χ3v) is 11.3. The van der Waals surface area contributed by atoms with Crippen LogP contribution in [0.2, 0.25) is 15.7 Å². The quantitative estimate of drug-likeness (QED) is 0.120. The highest BCUT2D eigenvalue weighted by molar-refractivity contribution is 7.13. The van der Waals surface area contributed by atoms with Gasteiger partial charge in [0, 0.05) is 81.6 Å². The van der Waals surface area contributed by atoms with Crippen molar-refractivity contribution in [3.8, 4) is 0 Å². The molecule has 0 aromatic carbocycles. The monoisotopic (exact) mass is 1060 g/mol. The third kappa shape index (κ3) is 24.5. The summed E-state index contributed by atoms with van der Waals surface area (Å²) in [5.74, 6) is 1.67. The van der Waals surface area contributed by atoms with Crippen LogP contribution in [0, 0.1) is 5.92 Å². The average Bonchev–Trinajstić information content (AvgIpc) is 4.18. The second-order valence-electron chi connectivity index (χ2n) is 13.5. The SMILES string of the molecule is C.C1CCNC1.CC.CC.CC.CC.CC.CC.CC1CN(P)CC1=O.O=c1[nH]c2c(c(=O)[nH]1)CN(P)C2.PN1Cc2nc(Cl)nc(Cl)c2C1.PN1Cc2nc(Cl)nc(N3CCCC3)c2C1. The number of ketones is 1. The van der Waals surface area contributed by atoms with Gasteiger partial charge in [-0.2, -0.15) is 0 Å². The molecule has 0 radical (unpaired) electrons. The number of hydrogen-bond donors (Lipinski definition) is 3. The van der Waals surface area contributed by atoms with Crippen molar-refractivity contribution in [2.75, 3.05) is 44.2 Å². The van der Waals surface area contributed by atoms with Gasteiger partial charge in [-0.05, 0) is 62.0 Å². The van der Waals surface area contributed by atoms with Gasteiger partial charge in [0.05, 0.1) is 23.5 Å². The molecular formula is C44H87Cl3N12O3P4. The van der Waals surface area contributed by atoms with E-state index in [0.29, 0.717) is 41.4 Å². The van der Waals surface area contributed by atoms with Gasteiger partial charge in [-0.15, -0.1) is 0 Å². The lowest BCUT2D eigenvalue weighted by Crippen LogP contribution is -2.25. The molecule has 22 heteroatoms. The molecule has 15 nitrogen and oxygen atoms in total. The molecule has 5 atom stereocenters. The lowest BCUT2D eigenvalue weighted by Gasteiger charge is -2.19. The fourth-order valence-corrected chi connectivity index (χ4v) is 8.69. The maximum atomic E-state index is 11.2. The Labute approximate surface area is 423 Å². The second-order valence-corrected chi connectivity index (χ2v) is 17.4. The molecule has 382 valence electrons. The summed E-state index contributed by atoms with van der Waals surface area (Å²) in [5, 5.41) is 4.29. The summed E-state index contributed by atoms with van der Waals surface area (Å²) in [6.07, 6.45) is 5.28. The van der Waals surface area contributed by atoms with Gasteiger partial charge in [-0.1, -0.05) is 147 Å². The van der Waals surface area contributed by atoms with Crippen LogP contribution in [0.25, 0.3) is 0 Å². The Balaban J connectivity index is -0.000000728.